The first-order valence-electron chi connectivity index (χ1n) is 7.74. The molecule has 26 heavy (non-hydrogen) atoms. The second-order valence-electron chi connectivity index (χ2n) is 5.66. The van der Waals surface area contributed by atoms with Gasteiger partial charge in [0.1, 0.15) is 5.69 Å². The van der Waals surface area contributed by atoms with Gasteiger partial charge in [0, 0.05) is 13.1 Å². The molecule has 8 heteroatoms. The Morgan fingerprint density at radius 2 is 2.12 bits per heavy atom. The summed E-state index contributed by atoms with van der Waals surface area (Å²) in [7, 11) is 1.61. The van der Waals surface area contributed by atoms with E-state index in [1.807, 2.05) is 13.0 Å². The number of anilines is 1. The van der Waals surface area contributed by atoms with Crippen LogP contribution >= 0.6 is 11.6 Å². The van der Waals surface area contributed by atoms with Gasteiger partial charge in [-0.3, -0.25) is 14.9 Å². The molecule has 2 aromatic carbocycles. The van der Waals surface area contributed by atoms with Crippen LogP contribution in [0.25, 0.3) is 22.0 Å². The largest absolute Gasteiger partial charge is 0.383 e. The van der Waals surface area contributed by atoms with Crippen LogP contribution in [-0.2, 0) is 0 Å². The van der Waals surface area contributed by atoms with Crippen LogP contribution in [0, 0.1) is 17.0 Å². The predicted octanol–water partition coefficient (Wildman–Crippen LogP) is 3.92. The maximum atomic E-state index is 12.3. The van der Waals surface area contributed by atoms with Crippen molar-refractivity contribution in [1.29, 1.82) is 0 Å². The van der Waals surface area contributed by atoms with E-state index in [-0.39, 0.29) is 22.1 Å². The van der Waals surface area contributed by atoms with E-state index in [1.54, 1.807) is 31.3 Å². The van der Waals surface area contributed by atoms with Gasteiger partial charge >= 0.3 is 0 Å². The molecule has 0 aliphatic carbocycles. The number of fused-ring (bicyclic) bond motifs is 1. The van der Waals surface area contributed by atoms with Crippen LogP contribution in [0.5, 0.6) is 0 Å². The number of aryl methyl sites for hydroxylation is 1. The summed E-state index contributed by atoms with van der Waals surface area (Å²) >= 11 is 6.31. The van der Waals surface area contributed by atoms with Crippen LogP contribution < -0.4 is 10.9 Å². The van der Waals surface area contributed by atoms with Gasteiger partial charge in [-0.05, 0) is 36.3 Å². The monoisotopic (exact) mass is 370 g/mol. The predicted molar refractivity (Wildman–Crippen MR) is 103 cm³/mol. The van der Waals surface area contributed by atoms with E-state index < -0.39 is 4.92 Å². The van der Waals surface area contributed by atoms with E-state index in [0.29, 0.717) is 22.2 Å². The molecule has 0 spiro atoms. The number of H-pyrrole nitrogens is 1. The van der Waals surface area contributed by atoms with Crippen molar-refractivity contribution < 1.29 is 4.92 Å². The highest BCUT2D eigenvalue weighted by molar-refractivity contribution is 6.50. The van der Waals surface area contributed by atoms with Crippen LogP contribution in [0.15, 0.2) is 41.2 Å². The fraction of sp³-hybridized carbons (Fsp3) is 0.111. The van der Waals surface area contributed by atoms with Gasteiger partial charge in [0.2, 0.25) is 0 Å². The molecule has 0 radical (unpaired) electrons. The summed E-state index contributed by atoms with van der Waals surface area (Å²) in [5.74, 6) is 0.207. The van der Waals surface area contributed by atoms with Gasteiger partial charge in [-0.2, -0.15) is 0 Å². The first-order chi connectivity index (χ1) is 12.4. The molecule has 0 fully saturated rings. The highest BCUT2D eigenvalue weighted by Crippen LogP contribution is 2.28. The number of nitrogens with zero attached hydrogens (tertiary/aromatic N) is 2. The number of hydrogen-bond acceptors (Lipinski definition) is 5. The molecule has 1 aromatic heterocycles. The lowest BCUT2D eigenvalue weighted by Gasteiger charge is -2.05. The minimum atomic E-state index is -0.476. The molecule has 3 rings (SSSR count). The van der Waals surface area contributed by atoms with Gasteiger partial charge in [0.05, 0.1) is 20.9 Å². The average Bonchev–Trinajstić information content (AvgIpc) is 2.62. The van der Waals surface area contributed by atoms with E-state index in [1.165, 1.54) is 12.1 Å². The number of para-hydroxylation sites is 1. The molecule has 0 saturated carbocycles. The zero-order valence-corrected chi connectivity index (χ0v) is 14.8. The number of benzene rings is 2. The molecule has 1 heterocycles. The lowest BCUT2D eigenvalue weighted by Crippen LogP contribution is -2.11. The van der Waals surface area contributed by atoms with Crippen LogP contribution in [-0.4, -0.2) is 21.9 Å². The zero-order chi connectivity index (χ0) is 18.8. The molecule has 2 N–H and O–H groups in total. The third-order valence-electron chi connectivity index (χ3n) is 3.95. The van der Waals surface area contributed by atoms with Gasteiger partial charge in [-0.15, -0.1) is 0 Å². The van der Waals surface area contributed by atoms with E-state index in [4.69, 9.17) is 11.6 Å². The van der Waals surface area contributed by atoms with Gasteiger partial charge < -0.3 is 10.3 Å². The molecule has 0 amide bonds. The SMILES string of the molecule is CNc1ccc(C=C(Cl)c2nc3c(C)cccc3c(=O)[nH]2)cc1[N+](=O)[O-]. The average molecular weight is 371 g/mol. The summed E-state index contributed by atoms with van der Waals surface area (Å²) in [6, 6.07) is 10.0. The molecule has 0 bridgehead atoms. The summed E-state index contributed by atoms with van der Waals surface area (Å²) in [5, 5.41) is 14.6. The molecule has 0 saturated heterocycles. The van der Waals surface area contributed by atoms with Crippen LogP contribution in [0.2, 0.25) is 0 Å². The third kappa shape index (κ3) is 3.29. The Bertz CT molecular complexity index is 1110. The van der Waals surface area contributed by atoms with Crippen molar-refractivity contribution in [2.24, 2.45) is 0 Å². The minimum absolute atomic E-state index is 0.0680. The van der Waals surface area contributed by atoms with Gasteiger partial charge in [0.15, 0.2) is 5.82 Å². The standard InChI is InChI=1S/C18H15ClN4O3/c1-10-4-3-5-12-16(10)21-17(22-18(12)24)13(19)8-11-6-7-14(20-2)15(9-11)23(25)26/h3-9,20H,1-2H3,(H,21,22,24). The number of nitro benzene ring substituents is 1. The highest BCUT2D eigenvalue weighted by Gasteiger charge is 2.14. The van der Waals surface area contributed by atoms with Crippen molar-refractivity contribution in [2.75, 3.05) is 12.4 Å². The lowest BCUT2D eigenvalue weighted by atomic mass is 10.1. The van der Waals surface area contributed by atoms with E-state index in [9.17, 15) is 14.9 Å². The first kappa shape index (κ1) is 17.6. The zero-order valence-electron chi connectivity index (χ0n) is 14.0. The summed E-state index contributed by atoms with van der Waals surface area (Å²) in [4.78, 5) is 30.0. The van der Waals surface area contributed by atoms with Crippen molar-refractivity contribution in [1.82, 2.24) is 9.97 Å². The second kappa shape index (κ2) is 6.97. The maximum absolute atomic E-state index is 12.3. The summed E-state index contributed by atoms with van der Waals surface area (Å²) < 4.78 is 0. The maximum Gasteiger partial charge on any atom is 0.292 e. The van der Waals surface area contributed by atoms with Crippen molar-refractivity contribution in [3.63, 3.8) is 0 Å². The topological polar surface area (TPSA) is 101 Å². The second-order valence-corrected chi connectivity index (χ2v) is 6.07. The summed E-state index contributed by atoms with van der Waals surface area (Å²) in [5.41, 5.74) is 1.98. The molecule has 3 aromatic rings. The van der Waals surface area contributed by atoms with Gasteiger partial charge in [0.25, 0.3) is 11.2 Å². The van der Waals surface area contributed by atoms with Gasteiger partial charge in [-0.25, -0.2) is 4.98 Å². The van der Waals surface area contributed by atoms with Crippen molar-refractivity contribution in [3.8, 4) is 0 Å². The first-order valence-corrected chi connectivity index (χ1v) is 8.12. The number of aromatic amines is 1. The number of halogens is 1. The van der Waals surface area contributed by atoms with Crippen LogP contribution in [0.4, 0.5) is 11.4 Å². The van der Waals surface area contributed by atoms with E-state index in [0.717, 1.165) is 5.56 Å². The Hall–Kier alpha value is -3.19. The van der Waals surface area contributed by atoms with Crippen LogP contribution in [0.1, 0.15) is 17.0 Å². The van der Waals surface area contributed by atoms with Crippen molar-refractivity contribution in [3.05, 3.63) is 73.8 Å². The molecule has 0 unspecified atom stereocenters. The minimum Gasteiger partial charge on any atom is -0.383 e. The normalized spacial score (nSPS) is 11.6. The van der Waals surface area contributed by atoms with Crippen molar-refractivity contribution in [2.45, 2.75) is 6.92 Å². The molecule has 132 valence electrons. The molecular weight excluding hydrogens is 356 g/mol. The van der Waals surface area contributed by atoms with E-state index >= 15 is 0 Å². The Labute approximate surface area is 153 Å². The Balaban J connectivity index is 2.09. The fourth-order valence-electron chi connectivity index (χ4n) is 2.63. The fourth-order valence-corrected chi connectivity index (χ4v) is 2.85. The van der Waals surface area contributed by atoms with Crippen molar-refractivity contribution >= 4 is 45.0 Å². The highest BCUT2D eigenvalue weighted by atomic mass is 35.5. The molecule has 0 atom stereocenters. The summed E-state index contributed by atoms with van der Waals surface area (Å²) in [6.07, 6.45) is 1.52. The molecule has 0 aliphatic heterocycles. The number of aromatic nitrogens is 2. The number of rotatable bonds is 4. The Morgan fingerprint density at radius 3 is 2.81 bits per heavy atom. The lowest BCUT2D eigenvalue weighted by molar-refractivity contribution is -0.383. The smallest absolute Gasteiger partial charge is 0.292 e. The molecule has 0 aliphatic rings. The number of nitro groups is 1. The molecule has 7 nitrogen and oxygen atoms in total. The quantitative estimate of drug-likeness (QED) is 0.535. The number of hydrogen-bond donors (Lipinski definition) is 2. The Kier molecular flexibility index (Phi) is 4.73. The van der Waals surface area contributed by atoms with Crippen LogP contribution in [0.3, 0.4) is 0 Å². The Morgan fingerprint density at radius 1 is 1.35 bits per heavy atom. The molecular formula is C18H15ClN4O3. The number of nitrogens with one attached hydrogen (secondary N) is 2. The third-order valence-corrected chi connectivity index (χ3v) is 4.23. The van der Waals surface area contributed by atoms with Gasteiger partial charge in [-0.1, -0.05) is 29.8 Å². The van der Waals surface area contributed by atoms with E-state index in [2.05, 4.69) is 15.3 Å². The summed E-state index contributed by atoms with van der Waals surface area (Å²) in [6.45, 7) is 1.86.